The predicted octanol–water partition coefficient (Wildman–Crippen LogP) is 2.02. The number of fused-ring (bicyclic) bond motifs is 1. The van der Waals surface area contributed by atoms with Gasteiger partial charge in [-0.2, -0.15) is 0 Å². The first-order valence-corrected chi connectivity index (χ1v) is 8.11. The average molecular weight is 294 g/mol. The summed E-state index contributed by atoms with van der Waals surface area (Å²) in [7, 11) is -3.10. The second kappa shape index (κ2) is 5.66. The molecular formula is C14H18N2O3S. The van der Waals surface area contributed by atoms with Crippen molar-refractivity contribution in [1.82, 2.24) is 4.98 Å². The Hall–Kier alpha value is -1.82. The highest BCUT2D eigenvalue weighted by Gasteiger charge is 2.16. The van der Waals surface area contributed by atoms with E-state index in [1.54, 1.807) is 38.2 Å². The Morgan fingerprint density at radius 2 is 2.05 bits per heavy atom. The molecule has 0 saturated carbocycles. The Morgan fingerprint density at radius 3 is 2.75 bits per heavy atom. The Morgan fingerprint density at radius 1 is 1.30 bits per heavy atom. The number of rotatable bonds is 5. The molecule has 0 unspecified atom stereocenters. The van der Waals surface area contributed by atoms with E-state index in [-0.39, 0.29) is 12.4 Å². The van der Waals surface area contributed by atoms with E-state index in [9.17, 15) is 8.42 Å². The second-order valence-electron chi connectivity index (χ2n) is 4.82. The van der Waals surface area contributed by atoms with Crippen molar-refractivity contribution in [1.29, 1.82) is 0 Å². The summed E-state index contributed by atoms with van der Waals surface area (Å²) in [5, 5.41) is 0.394. The van der Waals surface area contributed by atoms with E-state index >= 15 is 0 Å². The fraction of sp³-hybridized carbons (Fsp3) is 0.357. The van der Waals surface area contributed by atoms with E-state index in [4.69, 9.17) is 10.5 Å². The van der Waals surface area contributed by atoms with Crippen LogP contribution in [0.2, 0.25) is 0 Å². The molecule has 0 atom stereocenters. The van der Waals surface area contributed by atoms with Crippen molar-refractivity contribution >= 4 is 26.4 Å². The third-order valence-corrected chi connectivity index (χ3v) is 5.28. The number of aromatic nitrogens is 1. The number of sulfone groups is 1. The molecule has 2 aromatic rings. The smallest absolute Gasteiger partial charge is 0.155 e. The Bertz CT molecular complexity index is 711. The van der Waals surface area contributed by atoms with Crippen LogP contribution in [0.25, 0.3) is 10.9 Å². The number of pyridine rings is 1. The lowest BCUT2D eigenvalue weighted by Gasteiger charge is -2.11. The number of nitrogen functional groups attached to an aromatic ring is 1. The number of nitrogens with two attached hydrogens (primary N) is 1. The summed E-state index contributed by atoms with van der Waals surface area (Å²) in [6.07, 6.45) is 1.66. The van der Waals surface area contributed by atoms with Crippen molar-refractivity contribution in [2.45, 2.75) is 19.1 Å². The summed E-state index contributed by atoms with van der Waals surface area (Å²) >= 11 is 0. The lowest BCUT2D eigenvalue weighted by Crippen LogP contribution is -2.22. The largest absolute Gasteiger partial charge is 0.492 e. The zero-order valence-corrected chi connectivity index (χ0v) is 12.4. The Kier molecular flexibility index (Phi) is 4.13. The van der Waals surface area contributed by atoms with Crippen molar-refractivity contribution in [3.8, 4) is 5.75 Å². The maximum Gasteiger partial charge on any atom is 0.155 e. The summed E-state index contributed by atoms with van der Waals surface area (Å²) in [4.78, 5) is 4.20. The molecule has 108 valence electrons. The van der Waals surface area contributed by atoms with E-state index in [2.05, 4.69) is 4.98 Å². The van der Waals surface area contributed by atoms with Crippen molar-refractivity contribution in [2.24, 2.45) is 0 Å². The van der Waals surface area contributed by atoms with Crippen LogP contribution in [0.15, 0.2) is 30.5 Å². The minimum absolute atomic E-state index is 0.00318. The molecule has 2 rings (SSSR count). The second-order valence-corrected chi connectivity index (χ2v) is 7.49. The molecule has 0 spiro atoms. The van der Waals surface area contributed by atoms with Crippen LogP contribution in [0, 0.1) is 0 Å². The molecule has 6 heteroatoms. The highest BCUT2D eigenvalue weighted by atomic mass is 32.2. The molecule has 0 bridgehead atoms. The first-order valence-electron chi connectivity index (χ1n) is 6.39. The first-order chi connectivity index (χ1) is 9.42. The molecule has 0 radical (unpaired) electrons. The van der Waals surface area contributed by atoms with Crippen molar-refractivity contribution in [2.75, 3.05) is 18.1 Å². The average Bonchev–Trinajstić information content (AvgIpc) is 2.41. The van der Waals surface area contributed by atoms with Gasteiger partial charge in [0.05, 0.1) is 22.2 Å². The number of benzene rings is 1. The summed E-state index contributed by atoms with van der Waals surface area (Å²) in [5.74, 6) is 0.595. The van der Waals surface area contributed by atoms with Gasteiger partial charge in [-0.15, -0.1) is 0 Å². The van der Waals surface area contributed by atoms with Crippen LogP contribution < -0.4 is 10.5 Å². The van der Waals surface area contributed by atoms with Gasteiger partial charge in [-0.05, 0) is 38.1 Å². The predicted molar refractivity (Wildman–Crippen MR) is 80.6 cm³/mol. The van der Waals surface area contributed by atoms with Crippen LogP contribution in [0.1, 0.15) is 13.8 Å². The quantitative estimate of drug-likeness (QED) is 0.853. The van der Waals surface area contributed by atoms with Crippen LogP contribution in [0.3, 0.4) is 0 Å². The summed E-state index contributed by atoms with van der Waals surface area (Å²) in [6, 6.07) is 7.09. The molecule has 2 N–H and O–H groups in total. The molecule has 1 aromatic heterocycles. The Labute approximate surface area is 118 Å². The van der Waals surface area contributed by atoms with Gasteiger partial charge in [0.2, 0.25) is 0 Å². The van der Waals surface area contributed by atoms with Crippen molar-refractivity contribution in [3.05, 3.63) is 30.5 Å². The Balaban J connectivity index is 2.17. The lowest BCUT2D eigenvalue weighted by molar-refractivity contribution is 0.344. The lowest BCUT2D eigenvalue weighted by atomic mass is 10.2. The van der Waals surface area contributed by atoms with Gasteiger partial charge in [-0.3, -0.25) is 4.98 Å². The molecular weight excluding hydrogens is 276 g/mol. The molecule has 1 heterocycles. The van der Waals surface area contributed by atoms with Gasteiger partial charge in [0, 0.05) is 11.6 Å². The van der Waals surface area contributed by atoms with Gasteiger partial charge < -0.3 is 10.5 Å². The standard InChI is InChI=1S/C14H18N2O3S/c1-10(2)20(17,18)9-8-19-13-6-5-12(15)14-11(13)4-3-7-16-14/h3-7,10H,8-9,15H2,1-2H3. The van der Waals surface area contributed by atoms with Gasteiger partial charge >= 0.3 is 0 Å². The van der Waals surface area contributed by atoms with Gasteiger partial charge in [-0.25, -0.2) is 8.42 Å². The summed E-state index contributed by atoms with van der Waals surface area (Å²) in [6.45, 7) is 3.45. The van der Waals surface area contributed by atoms with Gasteiger partial charge in [0.1, 0.15) is 12.4 Å². The fourth-order valence-electron chi connectivity index (χ4n) is 1.80. The van der Waals surface area contributed by atoms with Gasteiger partial charge in [-0.1, -0.05) is 0 Å². The summed E-state index contributed by atoms with van der Waals surface area (Å²) < 4.78 is 29.0. The molecule has 0 aliphatic rings. The molecule has 5 nitrogen and oxygen atoms in total. The third kappa shape index (κ3) is 3.01. The monoisotopic (exact) mass is 294 g/mol. The molecule has 0 amide bonds. The maximum atomic E-state index is 11.7. The number of anilines is 1. The SMILES string of the molecule is CC(C)S(=O)(=O)CCOc1ccc(N)c2ncccc12. The van der Waals surface area contributed by atoms with E-state index in [1.165, 1.54) is 0 Å². The van der Waals surface area contributed by atoms with Crippen LogP contribution in [-0.4, -0.2) is 31.0 Å². The molecule has 0 aliphatic heterocycles. The van der Waals surface area contributed by atoms with E-state index in [0.717, 1.165) is 5.39 Å². The zero-order valence-electron chi connectivity index (χ0n) is 11.5. The van der Waals surface area contributed by atoms with Crippen molar-refractivity contribution in [3.63, 3.8) is 0 Å². The highest BCUT2D eigenvalue weighted by molar-refractivity contribution is 7.91. The fourth-order valence-corrected chi connectivity index (χ4v) is 2.58. The number of hydrogen-bond donors (Lipinski definition) is 1. The number of ether oxygens (including phenoxy) is 1. The molecule has 0 aliphatic carbocycles. The zero-order chi connectivity index (χ0) is 14.8. The first kappa shape index (κ1) is 14.6. The van der Waals surface area contributed by atoms with E-state index in [1.807, 2.05) is 6.07 Å². The molecule has 1 aromatic carbocycles. The molecule has 0 fully saturated rings. The minimum Gasteiger partial charge on any atom is -0.492 e. The molecule has 20 heavy (non-hydrogen) atoms. The van der Waals surface area contributed by atoms with Crippen LogP contribution in [-0.2, 0) is 9.84 Å². The number of hydrogen-bond acceptors (Lipinski definition) is 5. The van der Waals surface area contributed by atoms with E-state index < -0.39 is 15.1 Å². The van der Waals surface area contributed by atoms with E-state index in [0.29, 0.717) is 17.0 Å². The minimum atomic E-state index is -3.10. The highest BCUT2D eigenvalue weighted by Crippen LogP contribution is 2.28. The van der Waals surface area contributed by atoms with Crippen LogP contribution in [0.5, 0.6) is 5.75 Å². The maximum absolute atomic E-state index is 11.7. The van der Waals surface area contributed by atoms with Crippen LogP contribution in [0.4, 0.5) is 5.69 Å². The normalized spacial score (nSPS) is 11.9. The van der Waals surface area contributed by atoms with Gasteiger partial charge in [0.15, 0.2) is 9.84 Å². The topological polar surface area (TPSA) is 82.3 Å². The van der Waals surface area contributed by atoms with Crippen molar-refractivity contribution < 1.29 is 13.2 Å². The number of nitrogens with zero attached hydrogens (tertiary/aromatic N) is 1. The molecule has 0 saturated heterocycles. The van der Waals surface area contributed by atoms with Crippen LogP contribution >= 0.6 is 0 Å². The van der Waals surface area contributed by atoms with Gasteiger partial charge in [0.25, 0.3) is 0 Å². The summed E-state index contributed by atoms with van der Waals surface area (Å²) in [5.41, 5.74) is 7.08. The third-order valence-electron chi connectivity index (χ3n) is 3.10.